The molecular formula is C9H15B3O. The lowest BCUT2D eigenvalue weighted by atomic mass is 9.37. The summed E-state index contributed by atoms with van der Waals surface area (Å²) in [6.07, 6.45) is 9.88. The van der Waals surface area contributed by atoms with Gasteiger partial charge in [0.25, 0.3) is 0 Å². The van der Waals surface area contributed by atoms with Gasteiger partial charge in [0.05, 0.1) is 28.8 Å². The molecule has 0 unspecified atom stereocenters. The van der Waals surface area contributed by atoms with E-state index in [0.29, 0.717) is 6.22 Å². The zero-order valence-corrected chi connectivity index (χ0v) is 8.19. The van der Waals surface area contributed by atoms with Crippen molar-refractivity contribution in [2.45, 2.75) is 19.5 Å². The Bertz CT molecular complexity index is 143. The van der Waals surface area contributed by atoms with Crippen LogP contribution in [0.1, 0.15) is 6.42 Å². The molecule has 0 saturated heterocycles. The molecule has 1 rings (SSSR count). The molecule has 66 valence electrons. The number of aliphatic hydroxyl groups is 1. The molecule has 1 N–H and O–H groups in total. The monoisotopic (exact) mass is 172 g/mol. The van der Waals surface area contributed by atoms with Crippen molar-refractivity contribution < 1.29 is 5.11 Å². The zero-order valence-electron chi connectivity index (χ0n) is 8.19. The molecular weight excluding hydrogens is 157 g/mol. The summed E-state index contributed by atoms with van der Waals surface area (Å²) in [5.74, 6) is 0.281. The van der Waals surface area contributed by atoms with E-state index in [9.17, 15) is 0 Å². The largest absolute Gasteiger partial charge is 0.395 e. The van der Waals surface area contributed by atoms with Crippen molar-refractivity contribution in [1.29, 1.82) is 0 Å². The molecule has 4 radical (unpaired) electrons. The Balaban J connectivity index is 0.000000252. The molecule has 0 aromatic heterocycles. The van der Waals surface area contributed by atoms with Crippen molar-refractivity contribution >= 4 is 22.2 Å². The molecule has 0 amide bonds. The summed E-state index contributed by atoms with van der Waals surface area (Å²) in [7, 11) is 8.89. The second-order valence-electron chi connectivity index (χ2n) is 2.74. The lowest BCUT2D eigenvalue weighted by Crippen LogP contribution is -1.99. The van der Waals surface area contributed by atoms with Gasteiger partial charge in [0.1, 0.15) is 0 Å². The Morgan fingerprint density at radius 2 is 2.08 bits per heavy atom. The second kappa shape index (κ2) is 9.72. The second-order valence-corrected chi connectivity index (χ2v) is 2.74. The van der Waals surface area contributed by atoms with Crippen LogP contribution in [-0.2, 0) is 0 Å². The summed E-state index contributed by atoms with van der Waals surface area (Å²) < 4.78 is 0. The van der Waals surface area contributed by atoms with Gasteiger partial charge in [0.15, 0.2) is 0 Å². The van der Waals surface area contributed by atoms with E-state index in [1.807, 2.05) is 33.3 Å². The maximum absolute atomic E-state index is 8.59. The summed E-state index contributed by atoms with van der Waals surface area (Å²) in [4.78, 5) is 0. The van der Waals surface area contributed by atoms with Crippen LogP contribution in [-0.4, -0.2) is 33.9 Å². The van der Waals surface area contributed by atoms with Crippen LogP contribution >= 0.6 is 0 Å². The van der Waals surface area contributed by atoms with Gasteiger partial charge in [-0.2, -0.15) is 0 Å². The minimum atomic E-state index is 0.243. The van der Waals surface area contributed by atoms with Crippen LogP contribution < -0.4 is 0 Å². The Morgan fingerprint density at radius 3 is 2.31 bits per heavy atom. The Labute approximate surface area is 84.2 Å². The average molecular weight is 172 g/mol. The van der Waals surface area contributed by atoms with Crippen molar-refractivity contribution in [3.05, 3.63) is 24.3 Å². The molecule has 4 heteroatoms. The Morgan fingerprint density at radius 1 is 1.46 bits per heavy atom. The molecule has 0 aliphatic heterocycles. The van der Waals surface area contributed by atoms with Crippen molar-refractivity contribution in [3.8, 4) is 0 Å². The van der Waals surface area contributed by atoms with Gasteiger partial charge in [-0.05, 0) is 6.42 Å². The standard InChI is InChI=1S/C7H10O.C2H5B3/c8-6-7-4-2-1-3-5-7;1-4-5-2-3/h2-5,7-8H,1,6H2;2H2,1H3. The lowest BCUT2D eigenvalue weighted by Gasteiger charge is -2.04. The van der Waals surface area contributed by atoms with Gasteiger partial charge >= 0.3 is 0 Å². The smallest absolute Gasteiger partial charge is 0.0600 e. The fraction of sp³-hybridized carbons (Fsp3) is 0.556. The minimum Gasteiger partial charge on any atom is -0.395 e. The minimum absolute atomic E-state index is 0.243. The highest BCUT2D eigenvalue weighted by Gasteiger charge is 1.97. The van der Waals surface area contributed by atoms with Crippen molar-refractivity contribution in [1.82, 2.24) is 0 Å². The number of rotatable bonds is 3. The highest BCUT2D eigenvalue weighted by molar-refractivity contribution is 7.01. The first-order valence-corrected chi connectivity index (χ1v) is 4.60. The van der Waals surface area contributed by atoms with Gasteiger partial charge in [0, 0.05) is 5.92 Å². The van der Waals surface area contributed by atoms with Crippen LogP contribution in [0.4, 0.5) is 0 Å². The van der Waals surface area contributed by atoms with Gasteiger partial charge in [0.2, 0.25) is 0 Å². The Kier molecular flexibility index (Phi) is 9.45. The number of hydrogen-bond donors (Lipinski definition) is 1. The molecule has 0 spiro atoms. The highest BCUT2D eigenvalue weighted by atomic mass is 16.3. The molecule has 0 heterocycles. The molecule has 0 fully saturated rings. The summed E-state index contributed by atoms with van der Waals surface area (Å²) >= 11 is 0. The molecule has 1 aliphatic carbocycles. The molecule has 0 aromatic carbocycles. The van der Waals surface area contributed by atoms with Crippen molar-refractivity contribution in [3.63, 3.8) is 0 Å². The number of aliphatic hydroxyl groups excluding tert-OH is 1. The first-order chi connectivity index (χ1) is 6.35. The van der Waals surface area contributed by atoms with Crippen LogP contribution in [0.15, 0.2) is 24.3 Å². The third-order valence-corrected chi connectivity index (χ3v) is 1.62. The van der Waals surface area contributed by atoms with Gasteiger partial charge < -0.3 is 5.11 Å². The molecule has 0 atom stereocenters. The normalized spacial score (nSPS) is 14.6. The quantitative estimate of drug-likeness (QED) is 0.497. The van der Waals surface area contributed by atoms with Crippen LogP contribution in [0.5, 0.6) is 0 Å². The predicted octanol–water partition coefficient (Wildman–Crippen LogP) is 1.01. The first kappa shape index (κ1) is 12.6. The molecule has 13 heavy (non-hydrogen) atoms. The van der Waals surface area contributed by atoms with E-state index < -0.39 is 0 Å². The van der Waals surface area contributed by atoms with Gasteiger partial charge in [-0.1, -0.05) is 31.1 Å². The first-order valence-electron chi connectivity index (χ1n) is 4.60. The van der Waals surface area contributed by atoms with E-state index in [-0.39, 0.29) is 12.5 Å². The predicted molar refractivity (Wildman–Crippen MR) is 61.4 cm³/mol. The SMILES string of the molecule is OCC1C=CCC=C1.[B]C[B][B]C. The fourth-order valence-corrected chi connectivity index (χ4v) is 0.907. The van der Waals surface area contributed by atoms with Crippen LogP contribution in [0, 0.1) is 5.92 Å². The number of hydrogen-bond acceptors (Lipinski definition) is 1. The summed E-state index contributed by atoms with van der Waals surface area (Å²) in [5.41, 5.74) is 0. The molecule has 0 bridgehead atoms. The highest BCUT2D eigenvalue weighted by Crippen LogP contribution is 2.06. The maximum Gasteiger partial charge on any atom is 0.0600 e. The maximum atomic E-state index is 8.59. The van der Waals surface area contributed by atoms with Gasteiger partial charge in [-0.3, -0.25) is 0 Å². The van der Waals surface area contributed by atoms with E-state index in [4.69, 9.17) is 13.0 Å². The molecule has 1 aliphatic rings. The van der Waals surface area contributed by atoms with E-state index in [1.54, 1.807) is 0 Å². The summed E-state index contributed by atoms with van der Waals surface area (Å²) in [5, 5.41) is 8.59. The van der Waals surface area contributed by atoms with E-state index in [2.05, 4.69) is 12.2 Å². The van der Waals surface area contributed by atoms with Crippen molar-refractivity contribution in [2.24, 2.45) is 5.92 Å². The van der Waals surface area contributed by atoms with Crippen LogP contribution in [0.25, 0.3) is 0 Å². The van der Waals surface area contributed by atoms with Crippen LogP contribution in [0.2, 0.25) is 13.0 Å². The summed E-state index contributed by atoms with van der Waals surface area (Å²) in [6.45, 7) is 2.19. The van der Waals surface area contributed by atoms with E-state index in [1.165, 1.54) is 0 Å². The van der Waals surface area contributed by atoms with Crippen molar-refractivity contribution in [2.75, 3.05) is 6.61 Å². The third-order valence-electron chi connectivity index (χ3n) is 1.62. The van der Waals surface area contributed by atoms with Crippen LogP contribution in [0.3, 0.4) is 0 Å². The third kappa shape index (κ3) is 7.98. The molecule has 0 aromatic rings. The molecule has 0 saturated carbocycles. The van der Waals surface area contributed by atoms with Gasteiger partial charge in [-0.15, -0.1) is 6.22 Å². The lowest BCUT2D eigenvalue weighted by molar-refractivity contribution is 0.273. The van der Waals surface area contributed by atoms with E-state index >= 15 is 0 Å². The summed E-state index contributed by atoms with van der Waals surface area (Å²) in [6, 6.07) is 0. The number of allylic oxidation sites excluding steroid dienone is 2. The fourth-order valence-electron chi connectivity index (χ4n) is 0.907. The topological polar surface area (TPSA) is 20.2 Å². The molecule has 1 nitrogen and oxygen atoms in total. The van der Waals surface area contributed by atoms with E-state index in [0.717, 1.165) is 6.42 Å². The zero-order chi connectivity index (χ0) is 9.94. The average Bonchev–Trinajstić information content (AvgIpc) is 2.21. The van der Waals surface area contributed by atoms with Gasteiger partial charge in [-0.25, -0.2) is 0 Å². The Hall–Kier alpha value is -0.365.